The Kier molecular flexibility index (Phi) is 7.03. The van der Waals surface area contributed by atoms with E-state index >= 15 is 0 Å². The molecule has 1 heterocycles. The molecule has 0 fully saturated rings. The van der Waals surface area contributed by atoms with Gasteiger partial charge in [-0.15, -0.1) is 0 Å². The number of hydrogen-bond acceptors (Lipinski definition) is 4. The molecule has 154 valence electrons. The molecule has 1 amide bonds. The van der Waals surface area contributed by atoms with E-state index in [0.717, 1.165) is 0 Å². The van der Waals surface area contributed by atoms with E-state index in [2.05, 4.69) is 9.72 Å². The van der Waals surface area contributed by atoms with Crippen LogP contribution >= 0.6 is 23.2 Å². The summed E-state index contributed by atoms with van der Waals surface area (Å²) in [5.41, 5.74) is 1.73. The fourth-order valence-electron chi connectivity index (χ4n) is 2.82. The summed E-state index contributed by atoms with van der Waals surface area (Å²) in [6, 6.07) is 13.7. The molecule has 0 saturated carbocycles. The molecule has 3 rings (SSSR count). The van der Waals surface area contributed by atoms with Crippen molar-refractivity contribution in [2.24, 2.45) is 0 Å². The minimum Gasteiger partial charge on any atom is -0.464 e. The number of carbonyl (C=O) groups is 2. The van der Waals surface area contributed by atoms with E-state index in [4.69, 9.17) is 23.2 Å². The van der Waals surface area contributed by atoms with Crippen molar-refractivity contribution in [2.75, 3.05) is 7.11 Å². The first-order valence-electron chi connectivity index (χ1n) is 8.89. The third-order valence-electron chi connectivity index (χ3n) is 4.33. The Balaban J connectivity index is 1.90. The molecule has 0 aliphatic carbocycles. The van der Waals surface area contributed by atoms with Gasteiger partial charge in [-0.2, -0.15) is 0 Å². The number of esters is 1. The van der Waals surface area contributed by atoms with Gasteiger partial charge in [-0.25, -0.2) is 14.2 Å². The summed E-state index contributed by atoms with van der Waals surface area (Å²) in [5, 5.41) is 0.896. The number of halogens is 3. The number of carbonyl (C=O) groups excluding carboxylic acids is 2. The fourth-order valence-corrected chi connectivity index (χ4v) is 3.29. The van der Waals surface area contributed by atoms with Gasteiger partial charge in [0.2, 0.25) is 0 Å². The molecule has 0 saturated heterocycles. The van der Waals surface area contributed by atoms with Crippen LogP contribution in [0.15, 0.2) is 60.8 Å². The van der Waals surface area contributed by atoms with Crippen LogP contribution in [-0.2, 0) is 17.8 Å². The zero-order valence-electron chi connectivity index (χ0n) is 15.9. The van der Waals surface area contributed by atoms with Crippen molar-refractivity contribution >= 4 is 35.1 Å². The van der Waals surface area contributed by atoms with Crippen LogP contribution in [0.1, 0.15) is 32.0 Å². The zero-order chi connectivity index (χ0) is 21.7. The summed E-state index contributed by atoms with van der Waals surface area (Å²) in [5.74, 6) is -1.44. The number of pyridine rings is 1. The van der Waals surface area contributed by atoms with Crippen LogP contribution in [0.4, 0.5) is 4.39 Å². The van der Waals surface area contributed by atoms with E-state index < -0.39 is 11.8 Å². The predicted octanol–water partition coefficient (Wildman–Crippen LogP) is 5.16. The molecule has 0 spiro atoms. The Hall–Kier alpha value is -2.96. The molecule has 0 bridgehead atoms. The zero-order valence-corrected chi connectivity index (χ0v) is 17.5. The third kappa shape index (κ3) is 5.34. The standard InChI is InChI=1S/C22H17Cl2FN2O3/c1-30-22(29)20-8-5-14(11-26-20)12-27(13-16-6-7-17(23)10-19(16)24)21(28)15-3-2-4-18(25)9-15/h2-11H,12-13H2,1H3. The summed E-state index contributed by atoms with van der Waals surface area (Å²) >= 11 is 12.2. The minimum absolute atomic E-state index is 0.157. The highest BCUT2D eigenvalue weighted by Gasteiger charge is 2.19. The average molecular weight is 447 g/mol. The van der Waals surface area contributed by atoms with Crippen molar-refractivity contribution in [2.45, 2.75) is 13.1 Å². The number of ether oxygens (including phenoxy) is 1. The summed E-state index contributed by atoms with van der Waals surface area (Å²) in [6.07, 6.45) is 1.49. The van der Waals surface area contributed by atoms with Crippen molar-refractivity contribution in [3.63, 3.8) is 0 Å². The lowest BCUT2D eigenvalue weighted by Crippen LogP contribution is -2.30. The molecular weight excluding hydrogens is 430 g/mol. The summed E-state index contributed by atoms with van der Waals surface area (Å²) in [6.45, 7) is 0.340. The van der Waals surface area contributed by atoms with Crippen LogP contribution in [0.2, 0.25) is 10.0 Å². The molecule has 0 radical (unpaired) electrons. The van der Waals surface area contributed by atoms with Crippen LogP contribution in [0.3, 0.4) is 0 Å². The molecular formula is C22H17Cl2FN2O3. The summed E-state index contributed by atoms with van der Waals surface area (Å²) in [4.78, 5) is 30.3. The number of amides is 1. The molecule has 3 aromatic rings. The molecule has 0 aliphatic heterocycles. The fraction of sp³-hybridized carbons (Fsp3) is 0.136. The highest BCUT2D eigenvalue weighted by atomic mass is 35.5. The number of rotatable bonds is 6. The molecule has 30 heavy (non-hydrogen) atoms. The van der Waals surface area contributed by atoms with Gasteiger partial charge in [0.25, 0.3) is 5.91 Å². The van der Waals surface area contributed by atoms with Gasteiger partial charge in [0.05, 0.1) is 7.11 Å². The van der Waals surface area contributed by atoms with Gasteiger partial charge in [-0.1, -0.05) is 41.4 Å². The molecule has 0 aliphatic rings. The number of methoxy groups -OCH3 is 1. The first kappa shape index (κ1) is 21.7. The molecule has 5 nitrogen and oxygen atoms in total. The lowest BCUT2D eigenvalue weighted by atomic mass is 10.1. The van der Waals surface area contributed by atoms with Gasteiger partial charge in [-0.3, -0.25) is 4.79 Å². The topological polar surface area (TPSA) is 59.5 Å². The summed E-state index contributed by atoms with van der Waals surface area (Å²) < 4.78 is 18.3. The number of hydrogen-bond donors (Lipinski definition) is 0. The lowest BCUT2D eigenvalue weighted by molar-refractivity contribution is 0.0593. The molecule has 0 unspecified atom stereocenters. The van der Waals surface area contributed by atoms with E-state index in [1.807, 2.05) is 0 Å². The summed E-state index contributed by atoms with van der Waals surface area (Å²) in [7, 11) is 1.27. The maximum absolute atomic E-state index is 13.6. The van der Waals surface area contributed by atoms with E-state index in [1.165, 1.54) is 42.5 Å². The monoisotopic (exact) mass is 446 g/mol. The van der Waals surface area contributed by atoms with Crippen LogP contribution in [-0.4, -0.2) is 28.9 Å². The van der Waals surface area contributed by atoms with Gasteiger partial charge < -0.3 is 9.64 Å². The second-order valence-corrected chi connectivity index (χ2v) is 7.29. The predicted molar refractivity (Wildman–Crippen MR) is 112 cm³/mol. The lowest BCUT2D eigenvalue weighted by Gasteiger charge is -2.24. The third-order valence-corrected chi connectivity index (χ3v) is 4.91. The smallest absolute Gasteiger partial charge is 0.356 e. The van der Waals surface area contributed by atoms with Crippen LogP contribution in [0, 0.1) is 5.82 Å². The molecule has 1 aromatic heterocycles. The normalized spacial score (nSPS) is 10.5. The quantitative estimate of drug-likeness (QED) is 0.490. The Bertz CT molecular complexity index is 1070. The second-order valence-electron chi connectivity index (χ2n) is 6.45. The van der Waals surface area contributed by atoms with Crippen molar-refractivity contribution < 1.29 is 18.7 Å². The minimum atomic E-state index is -0.554. The number of benzene rings is 2. The van der Waals surface area contributed by atoms with Crippen molar-refractivity contribution in [3.05, 3.63) is 99.0 Å². The molecule has 2 aromatic carbocycles. The second kappa shape index (κ2) is 9.69. The van der Waals surface area contributed by atoms with E-state index in [0.29, 0.717) is 21.2 Å². The maximum atomic E-state index is 13.6. The van der Waals surface area contributed by atoms with E-state index in [-0.39, 0.29) is 30.3 Å². The number of nitrogens with zero attached hydrogens (tertiary/aromatic N) is 2. The van der Waals surface area contributed by atoms with E-state index in [1.54, 1.807) is 30.3 Å². The number of aromatic nitrogens is 1. The molecule has 8 heteroatoms. The van der Waals surface area contributed by atoms with E-state index in [9.17, 15) is 14.0 Å². The van der Waals surface area contributed by atoms with Crippen molar-refractivity contribution in [3.8, 4) is 0 Å². The molecule has 0 N–H and O–H groups in total. The SMILES string of the molecule is COC(=O)c1ccc(CN(Cc2ccc(Cl)cc2Cl)C(=O)c2cccc(F)c2)cn1. The van der Waals surface area contributed by atoms with Gasteiger partial charge in [0, 0.05) is 34.9 Å². The van der Waals surface area contributed by atoms with Gasteiger partial charge in [-0.05, 0) is 47.5 Å². The highest BCUT2D eigenvalue weighted by molar-refractivity contribution is 6.35. The van der Waals surface area contributed by atoms with Gasteiger partial charge in [0.15, 0.2) is 0 Å². The van der Waals surface area contributed by atoms with Crippen LogP contribution < -0.4 is 0 Å². The first-order valence-corrected chi connectivity index (χ1v) is 9.65. The van der Waals surface area contributed by atoms with Crippen LogP contribution in [0.25, 0.3) is 0 Å². The Labute approximate surface area is 183 Å². The van der Waals surface area contributed by atoms with Crippen LogP contribution in [0.5, 0.6) is 0 Å². The van der Waals surface area contributed by atoms with Gasteiger partial charge >= 0.3 is 5.97 Å². The maximum Gasteiger partial charge on any atom is 0.356 e. The molecule has 0 atom stereocenters. The van der Waals surface area contributed by atoms with Crippen molar-refractivity contribution in [1.82, 2.24) is 9.88 Å². The Morgan fingerprint density at radius 3 is 2.50 bits per heavy atom. The first-order chi connectivity index (χ1) is 14.4. The van der Waals surface area contributed by atoms with Gasteiger partial charge in [0.1, 0.15) is 11.5 Å². The average Bonchev–Trinajstić information content (AvgIpc) is 2.74. The van der Waals surface area contributed by atoms with Crippen molar-refractivity contribution in [1.29, 1.82) is 0 Å². The Morgan fingerprint density at radius 1 is 1.07 bits per heavy atom. The largest absolute Gasteiger partial charge is 0.464 e. The highest BCUT2D eigenvalue weighted by Crippen LogP contribution is 2.24. The Morgan fingerprint density at radius 2 is 1.87 bits per heavy atom.